The minimum Gasteiger partial charge on any atom is -0.453 e. The van der Waals surface area contributed by atoms with E-state index < -0.39 is 0 Å². The van der Waals surface area contributed by atoms with Crippen molar-refractivity contribution >= 4 is 11.9 Å². The van der Waals surface area contributed by atoms with Gasteiger partial charge in [-0.15, -0.1) is 0 Å². The van der Waals surface area contributed by atoms with Crippen LogP contribution in [0.4, 0.5) is 9.18 Å². The normalized spacial score (nSPS) is 15.0. The molecule has 1 fully saturated rings. The number of carbonyl (C=O) groups is 2. The van der Waals surface area contributed by atoms with Gasteiger partial charge >= 0.3 is 6.09 Å². The lowest BCUT2D eigenvalue weighted by Gasteiger charge is -2.35. The van der Waals surface area contributed by atoms with E-state index in [1.165, 1.54) is 19.2 Å². The molecule has 0 aliphatic carbocycles. The first-order valence-corrected chi connectivity index (χ1v) is 12.5. The Morgan fingerprint density at radius 2 is 1.42 bits per heavy atom. The highest BCUT2D eigenvalue weighted by Gasteiger charge is 2.31. The van der Waals surface area contributed by atoms with Gasteiger partial charge in [0.2, 0.25) is 0 Å². The molecule has 5 nitrogen and oxygen atoms in total. The van der Waals surface area contributed by atoms with Gasteiger partial charge in [-0.3, -0.25) is 9.69 Å². The molecular formula is C30H33FN2O3. The molecule has 0 aromatic heterocycles. The maximum Gasteiger partial charge on any atom is 0.409 e. The van der Waals surface area contributed by atoms with Gasteiger partial charge in [0.15, 0.2) is 0 Å². The van der Waals surface area contributed by atoms with Crippen LogP contribution in [0.3, 0.4) is 0 Å². The van der Waals surface area contributed by atoms with Crippen molar-refractivity contribution < 1.29 is 18.7 Å². The zero-order chi connectivity index (χ0) is 25.3. The predicted molar refractivity (Wildman–Crippen MR) is 138 cm³/mol. The van der Waals surface area contributed by atoms with E-state index in [0.29, 0.717) is 45.4 Å². The van der Waals surface area contributed by atoms with Crippen LogP contribution in [0.5, 0.6) is 0 Å². The Morgan fingerprint density at radius 3 is 1.92 bits per heavy atom. The monoisotopic (exact) mass is 488 g/mol. The highest BCUT2D eigenvalue weighted by Crippen LogP contribution is 2.32. The number of methoxy groups -OCH3 is 1. The van der Waals surface area contributed by atoms with E-state index in [1.807, 2.05) is 36.4 Å². The van der Waals surface area contributed by atoms with Crippen LogP contribution in [0, 0.1) is 11.7 Å². The largest absolute Gasteiger partial charge is 0.453 e. The van der Waals surface area contributed by atoms with Crippen LogP contribution >= 0.6 is 0 Å². The van der Waals surface area contributed by atoms with Crippen LogP contribution in [0.25, 0.3) is 0 Å². The summed E-state index contributed by atoms with van der Waals surface area (Å²) in [5.74, 6) is -0.221. The smallest absolute Gasteiger partial charge is 0.409 e. The molecule has 1 aliphatic heterocycles. The van der Waals surface area contributed by atoms with Crippen molar-refractivity contribution in [3.8, 4) is 0 Å². The molecule has 0 radical (unpaired) electrons. The summed E-state index contributed by atoms with van der Waals surface area (Å²) >= 11 is 0. The maximum absolute atomic E-state index is 13.8. The van der Waals surface area contributed by atoms with Crippen LogP contribution in [-0.4, -0.2) is 41.9 Å². The summed E-state index contributed by atoms with van der Waals surface area (Å²) in [6.45, 7) is 2.35. The highest BCUT2D eigenvalue weighted by atomic mass is 19.1. The minimum atomic E-state index is -0.345. The van der Waals surface area contributed by atoms with E-state index in [0.717, 1.165) is 16.7 Å². The average Bonchev–Trinajstić information content (AvgIpc) is 2.92. The molecule has 0 spiro atoms. The Hall–Kier alpha value is -3.51. The Labute approximate surface area is 212 Å². The molecule has 36 heavy (non-hydrogen) atoms. The van der Waals surface area contributed by atoms with E-state index in [9.17, 15) is 14.0 Å². The number of halogens is 1. The second-order valence-electron chi connectivity index (χ2n) is 9.35. The number of nitrogens with zero attached hydrogens (tertiary/aromatic N) is 2. The van der Waals surface area contributed by atoms with Gasteiger partial charge in [0, 0.05) is 44.6 Å². The second kappa shape index (κ2) is 12.5. The number of Topliss-reactive ketones (excluding diaryl/α,β-unsaturated/α-hetero) is 1. The fourth-order valence-electron chi connectivity index (χ4n) is 4.93. The third-order valence-corrected chi connectivity index (χ3v) is 6.93. The lowest BCUT2D eigenvalue weighted by atomic mass is 9.87. The molecule has 188 valence electrons. The number of ketones is 1. The first kappa shape index (κ1) is 25.6. The summed E-state index contributed by atoms with van der Waals surface area (Å²) in [6.07, 6.45) is 1.24. The molecule has 0 N–H and O–H groups in total. The molecule has 0 unspecified atom stereocenters. The van der Waals surface area contributed by atoms with Gasteiger partial charge in [0.25, 0.3) is 0 Å². The van der Waals surface area contributed by atoms with Crippen molar-refractivity contribution in [2.24, 2.45) is 5.92 Å². The topological polar surface area (TPSA) is 49.9 Å². The van der Waals surface area contributed by atoms with E-state index in [2.05, 4.69) is 29.2 Å². The summed E-state index contributed by atoms with van der Waals surface area (Å²) in [5.41, 5.74) is 3.22. The summed E-state index contributed by atoms with van der Waals surface area (Å²) in [4.78, 5) is 29.4. The molecule has 1 amide bonds. The van der Waals surface area contributed by atoms with E-state index >= 15 is 0 Å². The highest BCUT2D eigenvalue weighted by molar-refractivity contribution is 5.82. The summed E-state index contributed by atoms with van der Waals surface area (Å²) in [5, 5.41) is 0. The molecule has 1 aliphatic rings. The molecule has 1 heterocycles. The van der Waals surface area contributed by atoms with Crippen molar-refractivity contribution in [3.63, 3.8) is 0 Å². The quantitative estimate of drug-likeness (QED) is 0.370. The molecule has 1 saturated heterocycles. The van der Waals surface area contributed by atoms with Gasteiger partial charge in [-0.1, -0.05) is 72.8 Å². The summed E-state index contributed by atoms with van der Waals surface area (Å²) in [6, 6.07) is 26.7. The van der Waals surface area contributed by atoms with Crippen LogP contribution in [0.15, 0.2) is 84.9 Å². The first-order valence-electron chi connectivity index (χ1n) is 12.5. The lowest BCUT2D eigenvalue weighted by molar-refractivity contribution is -0.125. The van der Waals surface area contributed by atoms with Crippen LogP contribution in [-0.2, 0) is 22.6 Å². The number of ether oxygens (including phenoxy) is 1. The molecule has 0 saturated carbocycles. The number of amides is 1. The Balaban J connectivity index is 1.59. The molecular weight excluding hydrogens is 455 g/mol. The van der Waals surface area contributed by atoms with Gasteiger partial charge in [0.05, 0.1) is 7.11 Å². The van der Waals surface area contributed by atoms with Crippen LogP contribution in [0.1, 0.15) is 42.0 Å². The fraction of sp³-hybridized carbons (Fsp3) is 0.333. The average molecular weight is 489 g/mol. The fourth-order valence-corrected chi connectivity index (χ4v) is 4.93. The number of benzene rings is 3. The minimum absolute atomic E-state index is 0.107. The third-order valence-electron chi connectivity index (χ3n) is 6.93. The van der Waals surface area contributed by atoms with E-state index in [1.54, 1.807) is 17.0 Å². The second-order valence-corrected chi connectivity index (χ2v) is 9.35. The SMILES string of the molecule is COC(=O)N1CCC(C(=O)C[C@H](c2ccc(F)cc2)N(Cc2ccccc2)Cc2ccccc2)CC1. The van der Waals surface area contributed by atoms with Crippen LogP contribution in [0.2, 0.25) is 0 Å². The zero-order valence-electron chi connectivity index (χ0n) is 20.7. The van der Waals surface area contributed by atoms with Crippen molar-refractivity contribution in [3.05, 3.63) is 107 Å². The molecule has 0 bridgehead atoms. The van der Waals surface area contributed by atoms with E-state index in [4.69, 9.17) is 4.74 Å². The molecule has 6 heteroatoms. The van der Waals surface area contributed by atoms with Gasteiger partial charge < -0.3 is 9.64 Å². The maximum atomic E-state index is 13.8. The van der Waals surface area contributed by atoms with Crippen molar-refractivity contribution in [1.82, 2.24) is 9.80 Å². The number of hydrogen-bond acceptors (Lipinski definition) is 4. The number of rotatable bonds is 9. The standard InChI is InChI=1S/C30H33FN2O3/c1-36-30(35)32-18-16-26(17-19-32)29(34)20-28(25-12-14-27(31)15-13-25)33(21-23-8-4-2-5-9-23)22-24-10-6-3-7-11-24/h2-15,26,28H,16-22H2,1H3/t28-/m1/s1. The number of likely N-dealkylation sites (tertiary alicyclic amines) is 1. The van der Waals surface area contributed by atoms with E-state index in [-0.39, 0.29) is 29.7 Å². The van der Waals surface area contributed by atoms with Crippen molar-refractivity contribution in [2.75, 3.05) is 20.2 Å². The Kier molecular flexibility index (Phi) is 8.85. The molecule has 3 aromatic carbocycles. The summed E-state index contributed by atoms with van der Waals surface area (Å²) < 4.78 is 18.6. The van der Waals surface area contributed by atoms with Gasteiger partial charge in [-0.25, -0.2) is 9.18 Å². The third kappa shape index (κ3) is 6.79. The molecule has 4 rings (SSSR count). The number of piperidine rings is 1. The number of hydrogen-bond donors (Lipinski definition) is 0. The lowest BCUT2D eigenvalue weighted by Crippen LogP contribution is -2.41. The van der Waals surface area contributed by atoms with Crippen LogP contribution < -0.4 is 0 Å². The molecule has 3 aromatic rings. The predicted octanol–water partition coefficient (Wildman–Crippen LogP) is 6.01. The molecule has 1 atom stereocenters. The van der Waals surface area contributed by atoms with Crippen molar-refractivity contribution in [1.29, 1.82) is 0 Å². The summed E-state index contributed by atoms with van der Waals surface area (Å²) in [7, 11) is 1.38. The Morgan fingerprint density at radius 1 is 0.889 bits per heavy atom. The van der Waals surface area contributed by atoms with Gasteiger partial charge in [-0.2, -0.15) is 0 Å². The Bertz CT molecular complexity index is 1070. The first-order chi connectivity index (χ1) is 17.5. The zero-order valence-corrected chi connectivity index (χ0v) is 20.7. The van der Waals surface area contributed by atoms with Gasteiger partial charge in [-0.05, 0) is 41.7 Å². The van der Waals surface area contributed by atoms with Gasteiger partial charge in [0.1, 0.15) is 11.6 Å². The van der Waals surface area contributed by atoms with Crippen molar-refractivity contribution in [2.45, 2.75) is 38.4 Å². The number of carbonyl (C=O) groups excluding carboxylic acids is 2.